The lowest BCUT2D eigenvalue weighted by Crippen LogP contribution is -2.28. The van der Waals surface area contributed by atoms with Crippen molar-refractivity contribution >= 4 is 23.3 Å². The zero-order chi connectivity index (χ0) is 13.5. The highest BCUT2D eigenvalue weighted by Gasteiger charge is 2.01. The van der Waals surface area contributed by atoms with Gasteiger partial charge in [0.1, 0.15) is 0 Å². The first kappa shape index (κ1) is 13.4. The van der Waals surface area contributed by atoms with Crippen molar-refractivity contribution in [3.63, 3.8) is 0 Å². The normalized spacial score (nSPS) is 9.95. The molecule has 0 aliphatic carbocycles. The molecule has 2 amide bonds. The predicted octanol–water partition coefficient (Wildman–Crippen LogP) is 3.59. The van der Waals surface area contributed by atoms with Crippen molar-refractivity contribution in [3.05, 3.63) is 65.2 Å². The van der Waals surface area contributed by atoms with E-state index in [-0.39, 0.29) is 0 Å². The Balaban J connectivity index is 1.76. The summed E-state index contributed by atoms with van der Waals surface area (Å²) in [6.07, 6.45) is 0. The Bertz CT molecular complexity index is 546. The number of hydroxylamine groups is 1. The van der Waals surface area contributed by atoms with Crippen LogP contribution in [0, 0.1) is 0 Å². The highest BCUT2D eigenvalue weighted by molar-refractivity contribution is 6.30. The van der Waals surface area contributed by atoms with Gasteiger partial charge in [-0.3, -0.25) is 4.84 Å². The van der Waals surface area contributed by atoms with Gasteiger partial charge in [0.2, 0.25) is 0 Å². The van der Waals surface area contributed by atoms with E-state index < -0.39 is 6.03 Å². The molecule has 0 atom stereocenters. The summed E-state index contributed by atoms with van der Waals surface area (Å²) in [5, 5.41) is 3.17. The second-order valence-corrected chi connectivity index (χ2v) is 4.28. The Kier molecular flexibility index (Phi) is 4.78. The van der Waals surface area contributed by atoms with Crippen molar-refractivity contribution in [3.8, 4) is 0 Å². The molecular formula is C14H13ClN2O2. The maximum atomic E-state index is 11.5. The van der Waals surface area contributed by atoms with Crippen LogP contribution < -0.4 is 10.8 Å². The van der Waals surface area contributed by atoms with E-state index in [2.05, 4.69) is 10.8 Å². The maximum absolute atomic E-state index is 11.5. The van der Waals surface area contributed by atoms with E-state index in [1.165, 1.54) is 0 Å². The Morgan fingerprint density at radius 1 is 1.11 bits per heavy atom. The molecule has 0 saturated carbocycles. The third-order valence-electron chi connectivity index (χ3n) is 2.33. The highest BCUT2D eigenvalue weighted by Crippen LogP contribution is 2.14. The first-order valence-corrected chi connectivity index (χ1v) is 6.10. The average molecular weight is 277 g/mol. The van der Waals surface area contributed by atoms with Crippen LogP contribution in [0.1, 0.15) is 5.56 Å². The monoisotopic (exact) mass is 276 g/mol. The number of carbonyl (C=O) groups is 1. The van der Waals surface area contributed by atoms with Gasteiger partial charge in [-0.25, -0.2) is 10.3 Å². The molecule has 5 heteroatoms. The van der Waals surface area contributed by atoms with Gasteiger partial charge in [-0.2, -0.15) is 0 Å². The molecule has 0 saturated heterocycles. The summed E-state index contributed by atoms with van der Waals surface area (Å²) in [5.41, 5.74) is 3.89. The van der Waals surface area contributed by atoms with Gasteiger partial charge >= 0.3 is 6.03 Å². The Labute approximate surface area is 116 Å². The predicted molar refractivity (Wildman–Crippen MR) is 74.8 cm³/mol. The SMILES string of the molecule is O=C(NOCc1ccccc1)Nc1cccc(Cl)c1. The second-order valence-electron chi connectivity index (χ2n) is 3.84. The number of amides is 2. The number of rotatable bonds is 4. The number of urea groups is 1. The minimum Gasteiger partial charge on any atom is -0.306 e. The van der Waals surface area contributed by atoms with Crippen molar-refractivity contribution in [2.24, 2.45) is 0 Å². The summed E-state index contributed by atoms with van der Waals surface area (Å²) in [6.45, 7) is 0.309. The first-order valence-electron chi connectivity index (χ1n) is 5.72. The first-order chi connectivity index (χ1) is 9.24. The third kappa shape index (κ3) is 4.62. The van der Waals surface area contributed by atoms with Crippen LogP contribution in [0.25, 0.3) is 0 Å². The number of hydrogen-bond donors (Lipinski definition) is 2. The summed E-state index contributed by atoms with van der Waals surface area (Å²) in [5.74, 6) is 0. The molecule has 2 aromatic rings. The molecule has 0 aliphatic heterocycles. The van der Waals surface area contributed by atoms with E-state index in [0.717, 1.165) is 5.56 Å². The number of benzene rings is 2. The van der Waals surface area contributed by atoms with Crippen molar-refractivity contribution in [2.45, 2.75) is 6.61 Å². The van der Waals surface area contributed by atoms with Crippen LogP contribution in [0.2, 0.25) is 5.02 Å². The van der Waals surface area contributed by atoms with Crippen molar-refractivity contribution < 1.29 is 9.63 Å². The zero-order valence-corrected chi connectivity index (χ0v) is 10.9. The van der Waals surface area contributed by atoms with E-state index in [4.69, 9.17) is 16.4 Å². The van der Waals surface area contributed by atoms with Crippen LogP contribution in [0.4, 0.5) is 10.5 Å². The Morgan fingerprint density at radius 2 is 1.89 bits per heavy atom. The molecule has 0 aromatic heterocycles. The fourth-order valence-corrected chi connectivity index (χ4v) is 1.67. The van der Waals surface area contributed by atoms with Gasteiger partial charge < -0.3 is 5.32 Å². The zero-order valence-electron chi connectivity index (χ0n) is 10.1. The number of nitrogens with one attached hydrogen (secondary N) is 2. The van der Waals surface area contributed by atoms with Crippen LogP contribution in [0.15, 0.2) is 54.6 Å². The maximum Gasteiger partial charge on any atom is 0.343 e. The van der Waals surface area contributed by atoms with Gasteiger partial charge in [-0.15, -0.1) is 0 Å². The minimum absolute atomic E-state index is 0.309. The van der Waals surface area contributed by atoms with Crippen molar-refractivity contribution in [1.29, 1.82) is 0 Å². The molecule has 0 unspecified atom stereocenters. The van der Waals surface area contributed by atoms with Gasteiger partial charge in [0.15, 0.2) is 0 Å². The van der Waals surface area contributed by atoms with E-state index in [1.807, 2.05) is 30.3 Å². The fraction of sp³-hybridized carbons (Fsp3) is 0.0714. The molecule has 2 aromatic carbocycles. The van der Waals surface area contributed by atoms with Crippen LogP contribution in [0.5, 0.6) is 0 Å². The highest BCUT2D eigenvalue weighted by atomic mass is 35.5. The summed E-state index contributed by atoms with van der Waals surface area (Å²) in [6, 6.07) is 16.0. The molecule has 0 aliphatic rings. The van der Waals surface area contributed by atoms with Gasteiger partial charge in [0, 0.05) is 10.7 Å². The number of hydrogen-bond acceptors (Lipinski definition) is 2. The molecule has 0 heterocycles. The largest absolute Gasteiger partial charge is 0.343 e. The lowest BCUT2D eigenvalue weighted by atomic mass is 10.2. The van der Waals surface area contributed by atoms with Crippen LogP contribution >= 0.6 is 11.6 Å². The number of halogens is 1. The summed E-state index contributed by atoms with van der Waals surface area (Å²) < 4.78 is 0. The van der Waals surface area contributed by atoms with Crippen molar-refractivity contribution in [2.75, 3.05) is 5.32 Å². The fourth-order valence-electron chi connectivity index (χ4n) is 1.48. The van der Waals surface area contributed by atoms with E-state index in [0.29, 0.717) is 17.3 Å². The average Bonchev–Trinajstić information content (AvgIpc) is 2.40. The molecule has 4 nitrogen and oxygen atoms in total. The van der Waals surface area contributed by atoms with Gasteiger partial charge in [-0.1, -0.05) is 48.0 Å². The quantitative estimate of drug-likeness (QED) is 0.839. The van der Waals surface area contributed by atoms with E-state index >= 15 is 0 Å². The smallest absolute Gasteiger partial charge is 0.306 e. The molecule has 98 valence electrons. The minimum atomic E-state index is -0.446. The van der Waals surface area contributed by atoms with Crippen LogP contribution in [-0.2, 0) is 11.4 Å². The Morgan fingerprint density at radius 3 is 2.63 bits per heavy atom. The van der Waals surface area contributed by atoms with Crippen LogP contribution in [-0.4, -0.2) is 6.03 Å². The van der Waals surface area contributed by atoms with Gasteiger partial charge in [0.05, 0.1) is 6.61 Å². The summed E-state index contributed by atoms with van der Waals surface area (Å²) in [4.78, 5) is 16.6. The molecule has 0 spiro atoms. The topological polar surface area (TPSA) is 50.4 Å². The molecule has 0 bridgehead atoms. The third-order valence-corrected chi connectivity index (χ3v) is 2.56. The van der Waals surface area contributed by atoms with Crippen LogP contribution in [0.3, 0.4) is 0 Å². The van der Waals surface area contributed by atoms with E-state index in [9.17, 15) is 4.79 Å². The Hall–Kier alpha value is -2.04. The molecule has 0 fully saturated rings. The number of anilines is 1. The van der Waals surface area contributed by atoms with E-state index in [1.54, 1.807) is 24.3 Å². The lowest BCUT2D eigenvalue weighted by Gasteiger charge is -2.08. The van der Waals surface area contributed by atoms with Crippen molar-refractivity contribution in [1.82, 2.24) is 5.48 Å². The lowest BCUT2D eigenvalue weighted by molar-refractivity contribution is 0.0536. The molecule has 2 rings (SSSR count). The molecule has 2 N–H and O–H groups in total. The summed E-state index contributed by atoms with van der Waals surface area (Å²) >= 11 is 5.81. The summed E-state index contributed by atoms with van der Waals surface area (Å²) in [7, 11) is 0. The number of carbonyl (C=O) groups excluding carboxylic acids is 1. The molecular weight excluding hydrogens is 264 g/mol. The van der Waals surface area contributed by atoms with Gasteiger partial charge in [0.25, 0.3) is 0 Å². The molecule has 19 heavy (non-hydrogen) atoms. The molecule has 0 radical (unpaired) electrons. The van der Waals surface area contributed by atoms with Gasteiger partial charge in [-0.05, 0) is 23.8 Å². The second kappa shape index (κ2) is 6.78. The standard InChI is InChI=1S/C14H13ClN2O2/c15-12-7-4-8-13(9-12)16-14(18)17-19-10-11-5-2-1-3-6-11/h1-9H,10H2,(H2,16,17,18).